The average molecular weight is 459 g/mol. The molecule has 0 aliphatic heterocycles. The maximum atomic E-state index is 12.6. The minimum Gasteiger partial charge on any atom is -0.454 e. The Labute approximate surface area is 175 Å². The van der Waals surface area contributed by atoms with Gasteiger partial charge in [-0.15, -0.1) is 0 Å². The van der Waals surface area contributed by atoms with E-state index in [-0.39, 0.29) is 37.0 Å². The lowest BCUT2D eigenvalue weighted by Crippen LogP contribution is -2.01. The highest BCUT2D eigenvalue weighted by atomic mass is 35.5. The van der Waals surface area contributed by atoms with Gasteiger partial charge in [0, 0.05) is 17.2 Å². The van der Waals surface area contributed by atoms with E-state index in [2.05, 4.69) is 0 Å². The highest BCUT2D eigenvalue weighted by Gasteiger charge is 2.19. The highest BCUT2D eigenvalue weighted by Crippen LogP contribution is 2.39. The second kappa shape index (κ2) is 7.97. The van der Waals surface area contributed by atoms with Gasteiger partial charge in [0.05, 0.1) is 24.8 Å². The Morgan fingerprint density at radius 3 is 1.75 bits per heavy atom. The van der Waals surface area contributed by atoms with Crippen LogP contribution in [0.15, 0.2) is 70.5 Å². The summed E-state index contributed by atoms with van der Waals surface area (Å²) in [6, 6.07) is 13.6. The minimum atomic E-state index is -3.72. The molecule has 0 bridgehead atoms. The summed E-state index contributed by atoms with van der Waals surface area (Å²) in [5.74, 6) is 0.287. The summed E-state index contributed by atoms with van der Waals surface area (Å²) in [4.78, 5) is 10.4. The fourth-order valence-electron chi connectivity index (χ4n) is 2.30. The van der Waals surface area contributed by atoms with Crippen LogP contribution in [0, 0.1) is 10.1 Å². The lowest BCUT2D eigenvalue weighted by Gasteiger charge is -2.10. The zero-order valence-corrected chi connectivity index (χ0v) is 16.9. The van der Waals surface area contributed by atoms with Crippen molar-refractivity contribution in [2.24, 2.45) is 0 Å². The normalized spacial score (nSPS) is 11.2. The van der Waals surface area contributed by atoms with Crippen LogP contribution in [0.1, 0.15) is 0 Å². The predicted molar refractivity (Wildman–Crippen MR) is 107 cm³/mol. The fraction of sp³-hybridized carbons (Fsp3) is 0. The molecule has 0 atom stereocenters. The monoisotopic (exact) mass is 457 g/mol. The third-order valence-electron chi connectivity index (χ3n) is 3.67. The van der Waals surface area contributed by atoms with Crippen LogP contribution in [-0.2, 0) is 9.84 Å². The molecule has 0 aliphatic rings. The number of nitrogens with zero attached hydrogens (tertiary/aromatic N) is 1. The van der Waals surface area contributed by atoms with E-state index in [9.17, 15) is 18.5 Å². The van der Waals surface area contributed by atoms with Gasteiger partial charge in [0.1, 0.15) is 5.75 Å². The number of nitro benzene ring substituents is 1. The number of hydrogen-bond acceptors (Lipinski definition) is 5. The molecule has 0 saturated carbocycles. The van der Waals surface area contributed by atoms with E-state index in [0.29, 0.717) is 5.02 Å². The van der Waals surface area contributed by atoms with Crippen molar-refractivity contribution in [3.05, 3.63) is 85.8 Å². The number of sulfone groups is 1. The second-order valence-electron chi connectivity index (χ2n) is 5.53. The number of nitro groups is 1. The number of halogens is 3. The van der Waals surface area contributed by atoms with Gasteiger partial charge in [-0.05, 0) is 48.5 Å². The standard InChI is InChI=1S/C18H10Cl3NO5S/c19-11-1-5-14(6-2-11)28(25,26)15-7-3-13(4-8-15)27-18-16(20)9-12(22(23)24)10-17(18)21/h1-10H. The lowest BCUT2D eigenvalue weighted by molar-refractivity contribution is -0.384. The molecule has 0 fully saturated rings. The van der Waals surface area contributed by atoms with Crippen LogP contribution in [0.25, 0.3) is 0 Å². The third kappa shape index (κ3) is 4.23. The Morgan fingerprint density at radius 2 is 1.29 bits per heavy atom. The van der Waals surface area contributed by atoms with Gasteiger partial charge < -0.3 is 4.74 Å². The van der Waals surface area contributed by atoms with Gasteiger partial charge in [0.2, 0.25) is 9.84 Å². The topological polar surface area (TPSA) is 86.5 Å². The van der Waals surface area contributed by atoms with Crippen molar-refractivity contribution >= 4 is 50.3 Å². The molecule has 28 heavy (non-hydrogen) atoms. The van der Waals surface area contributed by atoms with Crippen molar-refractivity contribution in [1.82, 2.24) is 0 Å². The van der Waals surface area contributed by atoms with Gasteiger partial charge in [0.25, 0.3) is 5.69 Å². The first kappa shape index (κ1) is 20.4. The van der Waals surface area contributed by atoms with Crippen molar-refractivity contribution in [2.45, 2.75) is 9.79 Å². The first-order valence-electron chi connectivity index (χ1n) is 7.60. The van der Waals surface area contributed by atoms with Crippen molar-refractivity contribution < 1.29 is 18.1 Å². The number of benzene rings is 3. The third-order valence-corrected chi connectivity index (χ3v) is 6.27. The zero-order chi connectivity index (χ0) is 20.5. The molecule has 0 heterocycles. The van der Waals surface area contributed by atoms with E-state index >= 15 is 0 Å². The zero-order valence-electron chi connectivity index (χ0n) is 13.8. The predicted octanol–water partition coefficient (Wildman–Crippen LogP) is 6.18. The summed E-state index contributed by atoms with van der Waals surface area (Å²) in [5, 5.41) is 11.2. The van der Waals surface area contributed by atoms with E-state index in [1.807, 2.05) is 0 Å². The molecule has 0 aliphatic carbocycles. The molecular formula is C18H10Cl3NO5S. The van der Waals surface area contributed by atoms with Crippen LogP contribution in [0.5, 0.6) is 11.5 Å². The Hall–Kier alpha value is -2.32. The van der Waals surface area contributed by atoms with E-state index in [1.54, 1.807) is 0 Å². The van der Waals surface area contributed by atoms with E-state index in [4.69, 9.17) is 39.5 Å². The molecule has 10 heteroatoms. The molecule has 0 unspecified atom stereocenters. The van der Waals surface area contributed by atoms with Crippen molar-refractivity contribution in [2.75, 3.05) is 0 Å². The molecule has 0 aromatic heterocycles. The van der Waals surface area contributed by atoms with Crippen molar-refractivity contribution in [1.29, 1.82) is 0 Å². The minimum absolute atomic E-state index is 0.0299. The van der Waals surface area contributed by atoms with Gasteiger partial charge in [0.15, 0.2) is 5.75 Å². The Morgan fingerprint density at radius 1 is 0.821 bits per heavy atom. The lowest BCUT2D eigenvalue weighted by atomic mass is 10.3. The number of ether oxygens (including phenoxy) is 1. The molecule has 0 amide bonds. The van der Waals surface area contributed by atoms with E-state index in [0.717, 1.165) is 12.1 Å². The molecule has 3 rings (SSSR count). The van der Waals surface area contributed by atoms with Gasteiger partial charge in [-0.1, -0.05) is 34.8 Å². The van der Waals surface area contributed by atoms with Crippen LogP contribution in [-0.4, -0.2) is 13.3 Å². The molecule has 0 saturated heterocycles. The molecular weight excluding hydrogens is 449 g/mol. The first-order valence-corrected chi connectivity index (χ1v) is 10.2. The van der Waals surface area contributed by atoms with Crippen LogP contribution < -0.4 is 4.74 Å². The summed E-state index contributed by atoms with van der Waals surface area (Å²) < 4.78 is 30.8. The van der Waals surface area contributed by atoms with Gasteiger partial charge in [-0.2, -0.15) is 0 Å². The first-order chi connectivity index (χ1) is 13.2. The Kier molecular flexibility index (Phi) is 5.81. The smallest absolute Gasteiger partial charge is 0.272 e. The summed E-state index contributed by atoms with van der Waals surface area (Å²) >= 11 is 17.8. The van der Waals surface area contributed by atoms with Crippen molar-refractivity contribution in [3.63, 3.8) is 0 Å². The largest absolute Gasteiger partial charge is 0.454 e. The number of rotatable bonds is 5. The fourth-order valence-corrected chi connectivity index (χ4v) is 4.24. The Bertz CT molecular complexity index is 1120. The molecule has 0 N–H and O–H groups in total. The molecule has 0 spiro atoms. The van der Waals surface area contributed by atoms with Crippen LogP contribution in [0.4, 0.5) is 5.69 Å². The maximum absolute atomic E-state index is 12.6. The number of non-ortho nitro benzene ring substituents is 1. The molecule has 6 nitrogen and oxygen atoms in total. The summed E-state index contributed by atoms with van der Waals surface area (Å²) in [5.41, 5.74) is -0.272. The second-order valence-corrected chi connectivity index (χ2v) is 8.73. The highest BCUT2D eigenvalue weighted by molar-refractivity contribution is 7.91. The van der Waals surface area contributed by atoms with Crippen LogP contribution in [0.2, 0.25) is 15.1 Å². The van der Waals surface area contributed by atoms with Gasteiger partial charge in [-0.3, -0.25) is 10.1 Å². The quantitative estimate of drug-likeness (QED) is 0.336. The van der Waals surface area contributed by atoms with E-state index in [1.165, 1.54) is 48.5 Å². The molecule has 3 aromatic carbocycles. The van der Waals surface area contributed by atoms with Gasteiger partial charge in [-0.25, -0.2) is 8.42 Å². The summed E-state index contributed by atoms with van der Waals surface area (Å²) in [6.45, 7) is 0. The molecule has 3 aromatic rings. The maximum Gasteiger partial charge on any atom is 0.272 e. The molecule has 144 valence electrons. The molecule has 0 radical (unpaired) electrons. The number of hydrogen-bond donors (Lipinski definition) is 0. The van der Waals surface area contributed by atoms with Crippen molar-refractivity contribution in [3.8, 4) is 11.5 Å². The van der Waals surface area contributed by atoms with Crippen LogP contribution >= 0.6 is 34.8 Å². The SMILES string of the molecule is O=[N+]([O-])c1cc(Cl)c(Oc2ccc(S(=O)(=O)c3ccc(Cl)cc3)cc2)c(Cl)c1. The van der Waals surface area contributed by atoms with Crippen LogP contribution in [0.3, 0.4) is 0 Å². The van der Waals surface area contributed by atoms with Gasteiger partial charge >= 0.3 is 0 Å². The summed E-state index contributed by atoms with van der Waals surface area (Å²) in [7, 11) is -3.72. The Balaban J connectivity index is 1.88. The summed E-state index contributed by atoms with van der Waals surface area (Å²) in [6.07, 6.45) is 0. The average Bonchev–Trinajstić information content (AvgIpc) is 2.65. The van der Waals surface area contributed by atoms with E-state index < -0.39 is 14.8 Å².